The molecule has 4 rings (SSSR count). The summed E-state index contributed by atoms with van der Waals surface area (Å²) in [5.41, 5.74) is 1.88. The van der Waals surface area contributed by atoms with Crippen molar-refractivity contribution in [1.29, 1.82) is 0 Å². The van der Waals surface area contributed by atoms with Crippen LogP contribution in [0.1, 0.15) is 56.2 Å². The first kappa shape index (κ1) is 24.4. The van der Waals surface area contributed by atoms with Crippen LogP contribution in [0.15, 0.2) is 49.1 Å². The fourth-order valence-electron chi connectivity index (χ4n) is 3.69. The molecule has 0 spiro atoms. The second kappa shape index (κ2) is 10.7. The summed E-state index contributed by atoms with van der Waals surface area (Å²) in [7, 11) is 5.77. The molecule has 0 fully saturated rings. The normalized spacial score (nSPS) is 13.1. The molecule has 2 unspecified atom stereocenters. The summed E-state index contributed by atoms with van der Waals surface area (Å²) in [5, 5.41) is 11.4. The number of benzene rings is 1. The van der Waals surface area contributed by atoms with Gasteiger partial charge in [0.25, 0.3) is 11.8 Å². The third-order valence-corrected chi connectivity index (χ3v) is 6.76. The number of nitrogens with one attached hydrogen (secondary N) is 2. The van der Waals surface area contributed by atoms with Crippen LogP contribution in [-0.2, 0) is 7.05 Å². The van der Waals surface area contributed by atoms with E-state index in [9.17, 15) is 9.59 Å². The smallest absolute Gasteiger partial charge is 0.271 e. The predicted molar refractivity (Wildman–Crippen MR) is 134 cm³/mol. The van der Waals surface area contributed by atoms with Crippen LogP contribution >= 0.6 is 11.3 Å². The molecule has 11 heteroatoms. The van der Waals surface area contributed by atoms with E-state index >= 15 is 0 Å². The highest BCUT2D eigenvalue weighted by Crippen LogP contribution is 2.23. The van der Waals surface area contributed by atoms with Crippen molar-refractivity contribution < 1.29 is 9.59 Å². The topological polar surface area (TPSA) is 118 Å². The minimum absolute atomic E-state index is 0.117. The monoisotopic (exact) mass is 492 g/mol. The number of carbonyl (C=O) groups excluding carboxylic acids is 2. The van der Waals surface area contributed by atoms with E-state index in [4.69, 9.17) is 0 Å². The van der Waals surface area contributed by atoms with E-state index in [1.807, 2.05) is 51.4 Å². The van der Waals surface area contributed by atoms with Crippen molar-refractivity contribution in [3.05, 3.63) is 70.2 Å². The van der Waals surface area contributed by atoms with Crippen molar-refractivity contribution >= 4 is 34.2 Å². The molecule has 0 radical (unpaired) electrons. The van der Waals surface area contributed by atoms with Crippen LogP contribution in [0.4, 0.5) is 0 Å². The number of amides is 2. The van der Waals surface area contributed by atoms with Gasteiger partial charge in [0.15, 0.2) is 5.65 Å². The lowest BCUT2D eigenvalue weighted by atomic mass is 10.0. The zero-order valence-corrected chi connectivity index (χ0v) is 20.9. The van der Waals surface area contributed by atoms with Gasteiger partial charge in [0.1, 0.15) is 21.9 Å². The molecule has 0 aliphatic rings. The van der Waals surface area contributed by atoms with Gasteiger partial charge in [-0.25, -0.2) is 15.0 Å². The van der Waals surface area contributed by atoms with Gasteiger partial charge < -0.3 is 15.5 Å². The summed E-state index contributed by atoms with van der Waals surface area (Å²) < 4.78 is 1.59. The summed E-state index contributed by atoms with van der Waals surface area (Å²) >= 11 is 1.26. The molecule has 0 aliphatic carbocycles. The van der Waals surface area contributed by atoms with Crippen molar-refractivity contribution in [2.24, 2.45) is 7.05 Å². The number of thiazole rings is 1. The van der Waals surface area contributed by atoms with Gasteiger partial charge in [0.05, 0.1) is 29.9 Å². The molecule has 0 saturated heterocycles. The number of hydrogen-bond donors (Lipinski definition) is 2. The van der Waals surface area contributed by atoms with Crippen LogP contribution in [0.5, 0.6) is 0 Å². The van der Waals surface area contributed by atoms with E-state index in [0.717, 1.165) is 18.5 Å². The average molecular weight is 493 g/mol. The van der Waals surface area contributed by atoms with E-state index in [1.165, 1.54) is 17.7 Å². The molecular formula is C24H28N8O2S. The van der Waals surface area contributed by atoms with Crippen molar-refractivity contribution in [3.63, 3.8) is 0 Å². The molecule has 1 aromatic carbocycles. The van der Waals surface area contributed by atoms with Crippen LogP contribution in [0.25, 0.3) is 11.0 Å². The minimum Gasteiger partial charge on any atom is -0.344 e. The maximum Gasteiger partial charge on any atom is 0.271 e. The van der Waals surface area contributed by atoms with Crippen LogP contribution in [0, 0.1) is 0 Å². The number of rotatable bonds is 9. The van der Waals surface area contributed by atoms with Crippen LogP contribution in [-0.4, -0.2) is 62.1 Å². The first-order chi connectivity index (χ1) is 16.8. The SMILES string of the molecule is CC(NC(=O)c1ncnc2c1cnn2C)c1ncc(C(=O)NC(CCN(C)C)c2ccccc2)s1. The summed E-state index contributed by atoms with van der Waals surface area (Å²) in [6, 6.07) is 9.40. The molecule has 2 atom stereocenters. The van der Waals surface area contributed by atoms with Gasteiger partial charge >= 0.3 is 0 Å². The molecule has 0 bridgehead atoms. The van der Waals surface area contributed by atoms with Crippen molar-refractivity contribution in [3.8, 4) is 0 Å². The zero-order valence-electron chi connectivity index (χ0n) is 20.1. The largest absolute Gasteiger partial charge is 0.344 e. The van der Waals surface area contributed by atoms with Gasteiger partial charge in [-0.3, -0.25) is 14.3 Å². The Morgan fingerprint density at radius 2 is 1.83 bits per heavy atom. The summed E-state index contributed by atoms with van der Waals surface area (Å²) in [4.78, 5) is 41.2. The number of hydrogen-bond acceptors (Lipinski definition) is 8. The third-order valence-electron chi connectivity index (χ3n) is 5.58. The lowest BCUT2D eigenvalue weighted by molar-refractivity contribution is 0.0928. The Morgan fingerprint density at radius 1 is 1.06 bits per heavy atom. The van der Waals surface area contributed by atoms with Crippen LogP contribution in [0.2, 0.25) is 0 Å². The molecule has 0 saturated carbocycles. The highest BCUT2D eigenvalue weighted by Gasteiger charge is 2.22. The first-order valence-electron chi connectivity index (χ1n) is 11.2. The quantitative estimate of drug-likeness (QED) is 0.369. The molecular weight excluding hydrogens is 464 g/mol. The number of fused-ring (bicyclic) bond motifs is 1. The van der Waals surface area contributed by atoms with Gasteiger partial charge in [-0.2, -0.15) is 5.10 Å². The lowest BCUT2D eigenvalue weighted by Gasteiger charge is -2.21. The second-order valence-corrected chi connectivity index (χ2v) is 9.58. The Kier molecular flexibility index (Phi) is 7.47. The van der Waals surface area contributed by atoms with Crippen molar-refractivity contribution in [1.82, 2.24) is 40.3 Å². The van der Waals surface area contributed by atoms with Gasteiger partial charge in [-0.05, 0) is 39.5 Å². The molecule has 4 aromatic rings. The van der Waals surface area contributed by atoms with Crippen LogP contribution < -0.4 is 10.6 Å². The maximum absolute atomic E-state index is 13.0. The first-order valence-corrected chi connectivity index (χ1v) is 12.0. The van der Waals surface area contributed by atoms with Gasteiger partial charge in [-0.15, -0.1) is 11.3 Å². The van der Waals surface area contributed by atoms with E-state index < -0.39 is 6.04 Å². The Balaban J connectivity index is 1.44. The van der Waals surface area contributed by atoms with E-state index in [1.54, 1.807) is 24.1 Å². The fraction of sp³-hybridized carbons (Fsp3) is 0.333. The van der Waals surface area contributed by atoms with E-state index in [0.29, 0.717) is 20.9 Å². The van der Waals surface area contributed by atoms with Gasteiger partial charge in [-0.1, -0.05) is 30.3 Å². The number of nitrogens with zero attached hydrogens (tertiary/aromatic N) is 6. The molecule has 35 heavy (non-hydrogen) atoms. The van der Waals surface area contributed by atoms with E-state index in [2.05, 4.69) is 35.6 Å². The molecule has 2 N–H and O–H groups in total. The molecule has 10 nitrogen and oxygen atoms in total. The Morgan fingerprint density at radius 3 is 2.57 bits per heavy atom. The fourth-order valence-corrected chi connectivity index (χ4v) is 4.51. The highest BCUT2D eigenvalue weighted by atomic mass is 32.1. The second-order valence-electron chi connectivity index (χ2n) is 8.51. The predicted octanol–water partition coefficient (Wildman–Crippen LogP) is 2.73. The Bertz CT molecular complexity index is 1320. The van der Waals surface area contributed by atoms with Crippen LogP contribution in [0.3, 0.4) is 0 Å². The standard InChI is InChI=1S/C24H28N8O2S/c1-15(29-23(34)20-17-12-28-32(4)21(17)27-14-26-20)24-25-13-19(35-24)22(33)30-18(10-11-31(2)3)16-8-6-5-7-9-16/h5-9,12-15,18H,10-11H2,1-4H3,(H,29,34)(H,30,33). The molecule has 0 aliphatic heterocycles. The Labute approximate surface area is 207 Å². The lowest BCUT2D eigenvalue weighted by Crippen LogP contribution is -2.30. The molecule has 2 amide bonds. The molecule has 3 heterocycles. The molecule has 3 aromatic heterocycles. The number of carbonyl (C=O) groups is 2. The summed E-state index contributed by atoms with van der Waals surface area (Å²) in [5.74, 6) is -0.542. The van der Waals surface area contributed by atoms with Crippen molar-refractivity contribution in [2.45, 2.75) is 25.4 Å². The van der Waals surface area contributed by atoms with Gasteiger partial charge in [0.2, 0.25) is 0 Å². The number of aryl methyl sites for hydroxylation is 1. The average Bonchev–Trinajstić information content (AvgIpc) is 3.49. The Hall–Kier alpha value is -3.70. The molecule has 182 valence electrons. The van der Waals surface area contributed by atoms with Gasteiger partial charge in [0, 0.05) is 7.05 Å². The highest BCUT2D eigenvalue weighted by molar-refractivity contribution is 7.13. The minimum atomic E-state index is -0.408. The summed E-state index contributed by atoms with van der Waals surface area (Å²) in [6.45, 7) is 2.66. The zero-order chi connectivity index (χ0) is 24.9. The van der Waals surface area contributed by atoms with Crippen molar-refractivity contribution in [2.75, 3.05) is 20.6 Å². The third kappa shape index (κ3) is 5.69. The van der Waals surface area contributed by atoms with E-state index in [-0.39, 0.29) is 23.6 Å². The summed E-state index contributed by atoms with van der Waals surface area (Å²) in [6.07, 6.45) is 5.24. The number of aromatic nitrogens is 5. The maximum atomic E-state index is 13.0.